The molecule has 0 aliphatic heterocycles. The molecule has 0 aliphatic carbocycles. The minimum atomic E-state index is -0.752. The summed E-state index contributed by atoms with van der Waals surface area (Å²) < 4.78 is 0. The lowest BCUT2D eigenvalue weighted by Crippen LogP contribution is -2.24. The largest absolute Gasteiger partial charge is 0.481 e. The highest BCUT2D eigenvalue weighted by atomic mass is 32.1. The van der Waals surface area contributed by atoms with Crippen LogP contribution in [-0.2, 0) is 11.2 Å². The molecule has 0 spiro atoms. The van der Waals surface area contributed by atoms with Gasteiger partial charge in [0, 0.05) is 30.5 Å². The third-order valence-electron chi connectivity index (χ3n) is 3.04. The molecule has 106 valence electrons. The Morgan fingerprint density at radius 3 is 2.75 bits per heavy atom. The fourth-order valence-electron chi connectivity index (χ4n) is 1.85. The summed E-state index contributed by atoms with van der Waals surface area (Å²) in [5.41, 5.74) is 2.15. The Bertz CT molecular complexity index is 554. The number of hydrogen-bond acceptors (Lipinski definition) is 4. The van der Waals surface area contributed by atoms with Gasteiger partial charge in [0.1, 0.15) is 0 Å². The molecule has 1 heterocycles. The van der Waals surface area contributed by atoms with E-state index in [9.17, 15) is 4.79 Å². The number of nitrogens with zero attached hydrogens (tertiary/aromatic N) is 2. The van der Waals surface area contributed by atoms with Crippen LogP contribution in [0.3, 0.4) is 0 Å². The smallest absolute Gasteiger partial charge is 0.304 e. The monoisotopic (exact) mass is 290 g/mol. The van der Waals surface area contributed by atoms with Crippen molar-refractivity contribution in [3.8, 4) is 11.3 Å². The molecule has 0 aliphatic rings. The summed E-state index contributed by atoms with van der Waals surface area (Å²) in [4.78, 5) is 17.1. The molecule has 1 aromatic heterocycles. The van der Waals surface area contributed by atoms with Crippen molar-refractivity contribution >= 4 is 17.3 Å². The van der Waals surface area contributed by atoms with E-state index in [1.165, 1.54) is 0 Å². The second-order valence-corrected chi connectivity index (χ2v) is 5.63. The molecular formula is C15H18N2O2S. The summed E-state index contributed by atoms with van der Waals surface area (Å²) >= 11 is 1.66. The molecule has 5 heteroatoms. The summed E-state index contributed by atoms with van der Waals surface area (Å²) in [6.07, 6.45) is 1.04. The summed E-state index contributed by atoms with van der Waals surface area (Å²) in [5, 5.41) is 11.8. The Hall–Kier alpha value is -1.72. The highest BCUT2D eigenvalue weighted by molar-refractivity contribution is 7.09. The molecule has 0 atom stereocenters. The van der Waals surface area contributed by atoms with Gasteiger partial charge in [-0.1, -0.05) is 30.3 Å². The van der Waals surface area contributed by atoms with E-state index in [0.717, 1.165) is 29.2 Å². The van der Waals surface area contributed by atoms with Crippen LogP contribution in [0.2, 0.25) is 0 Å². The maximum Gasteiger partial charge on any atom is 0.304 e. The van der Waals surface area contributed by atoms with Gasteiger partial charge in [-0.2, -0.15) is 0 Å². The molecule has 0 saturated heterocycles. The van der Waals surface area contributed by atoms with Crippen molar-refractivity contribution in [1.82, 2.24) is 9.88 Å². The van der Waals surface area contributed by atoms with Crippen LogP contribution >= 0.6 is 11.3 Å². The lowest BCUT2D eigenvalue weighted by molar-refractivity contribution is -0.137. The zero-order valence-corrected chi connectivity index (χ0v) is 12.3. The number of aromatic nitrogens is 1. The Labute approximate surface area is 122 Å². The van der Waals surface area contributed by atoms with Crippen molar-refractivity contribution in [1.29, 1.82) is 0 Å². The van der Waals surface area contributed by atoms with Crippen molar-refractivity contribution in [2.45, 2.75) is 12.8 Å². The number of carboxylic acids is 1. The normalized spacial score (nSPS) is 10.9. The number of benzene rings is 1. The van der Waals surface area contributed by atoms with Gasteiger partial charge in [-0.3, -0.25) is 4.79 Å². The number of thiazole rings is 1. The standard InChI is InChI=1S/C15H18N2O2S/c1-17(10-8-15(18)19)9-7-14-16-13(11-20-14)12-5-3-2-4-6-12/h2-6,11H,7-10H2,1H3,(H,18,19). The van der Waals surface area contributed by atoms with Crippen LogP contribution < -0.4 is 0 Å². The van der Waals surface area contributed by atoms with E-state index in [1.807, 2.05) is 30.1 Å². The van der Waals surface area contributed by atoms with Crippen LogP contribution in [0, 0.1) is 0 Å². The van der Waals surface area contributed by atoms with Crippen LogP contribution in [0.25, 0.3) is 11.3 Å². The Morgan fingerprint density at radius 1 is 1.30 bits per heavy atom. The molecule has 2 aromatic rings. The van der Waals surface area contributed by atoms with E-state index in [1.54, 1.807) is 11.3 Å². The first-order chi connectivity index (χ1) is 9.65. The molecule has 4 nitrogen and oxygen atoms in total. The van der Waals surface area contributed by atoms with Crippen molar-refractivity contribution < 1.29 is 9.90 Å². The van der Waals surface area contributed by atoms with Crippen LogP contribution in [0.4, 0.5) is 0 Å². The number of hydrogen-bond donors (Lipinski definition) is 1. The predicted molar refractivity (Wildman–Crippen MR) is 81.0 cm³/mol. The third kappa shape index (κ3) is 4.43. The van der Waals surface area contributed by atoms with Crippen LogP contribution in [0.15, 0.2) is 35.7 Å². The zero-order valence-electron chi connectivity index (χ0n) is 11.5. The molecule has 0 bridgehead atoms. The van der Waals surface area contributed by atoms with E-state index in [4.69, 9.17) is 5.11 Å². The molecular weight excluding hydrogens is 272 g/mol. The number of likely N-dealkylation sites (N-methyl/N-ethyl adjacent to an activating group) is 1. The van der Waals surface area contributed by atoms with E-state index < -0.39 is 5.97 Å². The first-order valence-electron chi connectivity index (χ1n) is 6.55. The second kappa shape index (κ2) is 7.17. The summed E-state index contributed by atoms with van der Waals surface area (Å²) in [7, 11) is 1.94. The molecule has 0 amide bonds. The van der Waals surface area contributed by atoms with Gasteiger partial charge in [0.25, 0.3) is 0 Å². The number of carbonyl (C=O) groups is 1. The fourth-order valence-corrected chi connectivity index (χ4v) is 2.65. The molecule has 0 radical (unpaired) electrons. The fraction of sp³-hybridized carbons (Fsp3) is 0.333. The summed E-state index contributed by atoms with van der Waals surface area (Å²) in [6, 6.07) is 10.1. The SMILES string of the molecule is CN(CCC(=O)O)CCc1nc(-c2ccccc2)cs1. The van der Waals surface area contributed by atoms with Gasteiger partial charge in [0.15, 0.2) is 0 Å². The van der Waals surface area contributed by atoms with E-state index >= 15 is 0 Å². The van der Waals surface area contributed by atoms with Crippen LogP contribution in [0.5, 0.6) is 0 Å². The molecule has 0 saturated carbocycles. The van der Waals surface area contributed by atoms with E-state index in [0.29, 0.717) is 6.54 Å². The van der Waals surface area contributed by atoms with Crippen LogP contribution in [-0.4, -0.2) is 41.1 Å². The maximum absolute atomic E-state index is 10.5. The Kier molecular flexibility index (Phi) is 5.26. The molecule has 1 aromatic carbocycles. The van der Waals surface area contributed by atoms with Crippen molar-refractivity contribution in [3.05, 3.63) is 40.7 Å². The van der Waals surface area contributed by atoms with Gasteiger partial charge in [-0.25, -0.2) is 4.98 Å². The molecule has 2 rings (SSSR count). The highest BCUT2D eigenvalue weighted by Gasteiger charge is 2.07. The topological polar surface area (TPSA) is 53.4 Å². The van der Waals surface area contributed by atoms with Crippen LogP contribution in [0.1, 0.15) is 11.4 Å². The van der Waals surface area contributed by atoms with Gasteiger partial charge < -0.3 is 10.0 Å². The average molecular weight is 290 g/mol. The van der Waals surface area contributed by atoms with Gasteiger partial charge in [0.05, 0.1) is 17.1 Å². The number of aliphatic carboxylic acids is 1. The maximum atomic E-state index is 10.5. The molecule has 0 fully saturated rings. The summed E-state index contributed by atoms with van der Waals surface area (Å²) in [5.74, 6) is -0.752. The van der Waals surface area contributed by atoms with Gasteiger partial charge >= 0.3 is 5.97 Å². The Balaban J connectivity index is 1.86. The lowest BCUT2D eigenvalue weighted by Gasteiger charge is -2.13. The third-order valence-corrected chi connectivity index (χ3v) is 3.94. The first-order valence-corrected chi connectivity index (χ1v) is 7.43. The van der Waals surface area contributed by atoms with Gasteiger partial charge in [-0.05, 0) is 7.05 Å². The molecule has 0 unspecified atom stereocenters. The Morgan fingerprint density at radius 2 is 2.05 bits per heavy atom. The van der Waals surface area contributed by atoms with Crippen molar-refractivity contribution in [3.63, 3.8) is 0 Å². The molecule has 20 heavy (non-hydrogen) atoms. The van der Waals surface area contributed by atoms with Gasteiger partial charge in [-0.15, -0.1) is 11.3 Å². The van der Waals surface area contributed by atoms with E-state index in [-0.39, 0.29) is 6.42 Å². The lowest BCUT2D eigenvalue weighted by atomic mass is 10.2. The highest BCUT2D eigenvalue weighted by Crippen LogP contribution is 2.21. The second-order valence-electron chi connectivity index (χ2n) is 4.69. The zero-order chi connectivity index (χ0) is 14.4. The number of carboxylic acid groups (broad SMARTS) is 1. The summed E-state index contributed by atoms with van der Waals surface area (Å²) in [6.45, 7) is 1.40. The first kappa shape index (κ1) is 14.7. The predicted octanol–water partition coefficient (Wildman–Crippen LogP) is 2.76. The van der Waals surface area contributed by atoms with Crippen molar-refractivity contribution in [2.24, 2.45) is 0 Å². The average Bonchev–Trinajstić information content (AvgIpc) is 2.93. The minimum Gasteiger partial charge on any atom is -0.481 e. The quantitative estimate of drug-likeness (QED) is 0.852. The minimum absolute atomic E-state index is 0.184. The van der Waals surface area contributed by atoms with Gasteiger partial charge in [0.2, 0.25) is 0 Å². The van der Waals surface area contributed by atoms with Crippen molar-refractivity contribution in [2.75, 3.05) is 20.1 Å². The number of rotatable bonds is 7. The van der Waals surface area contributed by atoms with E-state index in [2.05, 4.69) is 22.5 Å². The molecule has 1 N–H and O–H groups in total.